The zero-order chi connectivity index (χ0) is 5.98. The number of carbonyl (C=O) groups excluding carboxylic acids is 1. The van der Waals surface area contributed by atoms with Gasteiger partial charge in [0, 0.05) is 0 Å². The predicted molar refractivity (Wildman–Crippen MR) is 32.5 cm³/mol. The smallest absolute Gasteiger partial charge is 0.145 e. The van der Waals surface area contributed by atoms with Gasteiger partial charge in [0.25, 0.3) is 0 Å². The highest BCUT2D eigenvalue weighted by molar-refractivity contribution is 5.73. The molecule has 0 aliphatic heterocycles. The van der Waals surface area contributed by atoms with E-state index in [9.17, 15) is 4.79 Å². The van der Waals surface area contributed by atoms with Crippen LogP contribution in [0.1, 0.15) is 19.8 Å². The lowest BCUT2D eigenvalue weighted by Crippen LogP contribution is -1.85. The first-order valence-corrected chi connectivity index (χ1v) is 2.97. The van der Waals surface area contributed by atoms with Crippen LogP contribution in [0.15, 0.2) is 11.6 Å². The minimum atomic E-state index is 0.704. The molecule has 0 saturated carbocycles. The van der Waals surface area contributed by atoms with E-state index in [-0.39, 0.29) is 0 Å². The van der Waals surface area contributed by atoms with Gasteiger partial charge in [-0.3, -0.25) is 4.79 Å². The van der Waals surface area contributed by atoms with E-state index in [0.29, 0.717) is 5.92 Å². The fraction of sp³-hybridized carbons (Fsp3) is 0.571. The second-order valence-electron chi connectivity index (χ2n) is 2.44. The molecule has 44 valence electrons. The standard InChI is InChI=1S/C7H10O/c1-6-2-3-7(4-6)5-8/h3,5-6H,2,4H2,1H3. The van der Waals surface area contributed by atoms with Crippen LogP contribution in [0.4, 0.5) is 0 Å². The van der Waals surface area contributed by atoms with Crippen molar-refractivity contribution in [3.05, 3.63) is 11.6 Å². The summed E-state index contributed by atoms with van der Waals surface area (Å²) in [5.41, 5.74) is 0.984. The van der Waals surface area contributed by atoms with Crippen LogP contribution < -0.4 is 0 Å². The summed E-state index contributed by atoms with van der Waals surface area (Å²) in [6.45, 7) is 2.16. The first-order valence-electron chi connectivity index (χ1n) is 2.97. The zero-order valence-corrected chi connectivity index (χ0v) is 5.05. The van der Waals surface area contributed by atoms with Crippen LogP contribution >= 0.6 is 0 Å². The molecule has 1 nitrogen and oxygen atoms in total. The maximum atomic E-state index is 10.1. The van der Waals surface area contributed by atoms with Gasteiger partial charge in [0.15, 0.2) is 0 Å². The first kappa shape index (κ1) is 5.54. The molecule has 1 unspecified atom stereocenters. The number of carbonyl (C=O) groups is 1. The molecule has 0 saturated heterocycles. The van der Waals surface area contributed by atoms with Crippen LogP contribution in [0.5, 0.6) is 0 Å². The third-order valence-electron chi connectivity index (χ3n) is 1.52. The van der Waals surface area contributed by atoms with Crippen LogP contribution in [0.2, 0.25) is 0 Å². The van der Waals surface area contributed by atoms with Gasteiger partial charge < -0.3 is 0 Å². The molecule has 0 aromatic carbocycles. The van der Waals surface area contributed by atoms with Crippen LogP contribution in [0.25, 0.3) is 0 Å². The van der Waals surface area contributed by atoms with Crippen LogP contribution in [0.3, 0.4) is 0 Å². The lowest BCUT2D eigenvalue weighted by Gasteiger charge is -1.94. The lowest BCUT2D eigenvalue weighted by atomic mass is 10.1. The van der Waals surface area contributed by atoms with Crippen molar-refractivity contribution in [1.29, 1.82) is 0 Å². The summed E-state index contributed by atoms with van der Waals surface area (Å²) in [5, 5.41) is 0. The van der Waals surface area contributed by atoms with Crippen molar-refractivity contribution in [2.45, 2.75) is 19.8 Å². The molecule has 0 spiro atoms. The lowest BCUT2D eigenvalue weighted by molar-refractivity contribution is -0.105. The second kappa shape index (κ2) is 2.12. The van der Waals surface area contributed by atoms with Gasteiger partial charge in [0.05, 0.1) is 0 Å². The molecule has 0 heterocycles. The van der Waals surface area contributed by atoms with E-state index >= 15 is 0 Å². The van der Waals surface area contributed by atoms with E-state index in [4.69, 9.17) is 0 Å². The molecule has 1 heteroatoms. The molecule has 1 rings (SSSR count). The van der Waals surface area contributed by atoms with Crippen molar-refractivity contribution < 1.29 is 4.79 Å². The molecule has 0 N–H and O–H groups in total. The Hall–Kier alpha value is -0.590. The Kier molecular flexibility index (Phi) is 1.47. The van der Waals surface area contributed by atoms with Gasteiger partial charge in [0.2, 0.25) is 0 Å². The molecule has 0 fully saturated rings. The van der Waals surface area contributed by atoms with Crippen molar-refractivity contribution in [1.82, 2.24) is 0 Å². The molecule has 0 aromatic heterocycles. The van der Waals surface area contributed by atoms with Gasteiger partial charge in [-0.05, 0) is 24.3 Å². The summed E-state index contributed by atoms with van der Waals surface area (Å²) in [5.74, 6) is 0.704. The van der Waals surface area contributed by atoms with Crippen molar-refractivity contribution in [3.63, 3.8) is 0 Å². The van der Waals surface area contributed by atoms with Crippen LogP contribution in [0, 0.1) is 5.92 Å². The Balaban J connectivity index is 2.49. The van der Waals surface area contributed by atoms with Crippen molar-refractivity contribution in [2.75, 3.05) is 0 Å². The molecule has 1 aliphatic carbocycles. The Morgan fingerprint density at radius 3 is 2.88 bits per heavy atom. The summed E-state index contributed by atoms with van der Waals surface area (Å²) in [7, 11) is 0. The number of rotatable bonds is 1. The first-order chi connectivity index (χ1) is 3.83. The van der Waals surface area contributed by atoms with Gasteiger partial charge in [-0.2, -0.15) is 0 Å². The summed E-state index contributed by atoms with van der Waals surface area (Å²) in [4.78, 5) is 10.1. The Morgan fingerprint density at radius 1 is 1.88 bits per heavy atom. The second-order valence-corrected chi connectivity index (χ2v) is 2.44. The number of hydrogen-bond donors (Lipinski definition) is 0. The molecular weight excluding hydrogens is 100 g/mol. The molecule has 0 aromatic rings. The highest BCUT2D eigenvalue weighted by atomic mass is 16.1. The van der Waals surface area contributed by atoms with E-state index in [1.54, 1.807) is 0 Å². The van der Waals surface area contributed by atoms with Gasteiger partial charge >= 0.3 is 0 Å². The number of aldehydes is 1. The van der Waals surface area contributed by atoms with E-state index < -0.39 is 0 Å². The average Bonchev–Trinajstić information content (AvgIpc) is 2.14. The molecule has 0 bridgehead atoms. The largest absolute Gasteiger partial charge is 0.298 e. The fourth-order valence-electron chi connectivity index (χ4n) is 1.02. The number of allylic oxidation sites excluding steroid dienone is 2. The van der Waals surface area contributed by atoms with Gasteiger partial charge in [-0.15, -0.1) is 0 Å². The minimum absolute atomic E-state index is 0.704. The van der Waals surface area contributed by atoms with E-state index in [0.717, 1.165) is 24.7 Å². The Morgan fingerprint density at radius 2 is 2.62 bits per heavy atom. The van der Waals surface area contributed by atoms with Gasteiger partial charge in [0.1, 0.15) is 6.29 Å². The van der Waals surface area contributed by atoms with E-state index in [1.165, 1.54) is 0 Å². The average molecular weight is 110 g/mol. The Bertz CT molecular complexity index is 124. The summed E-state index contributed by atoms with van der Waals surface area (Å²) >= 11 is 0. The summed E-state index contributed by atoms with van der Waals surface area (Å²) < 4.78 is 0. The monoisotopic (exact) mass is 110 g/mol. The normalized spacial score (nSPS) is 27.6. The van der Waals surface area contributed by atoms with E-state index in [1.807, 2.05) is 6.08 Å². The van der Waals surface area contributed by atoms with Gasteiger partial charge in [-0.1, -0.05) is 13.0 Å². The minimum Gasteiger partial charge on any atom is -0.298 e. The quantitative estimate of drug-likeness (QED) is 0.468. The topological polar surface area (TPSA) is 17.1 Å². The molecule has 8 heavy (non-hydrogen) atoms. The highest BCUT2D eigenvalue weighted by Crippen LogP contribution is 2.21. The third kappa shape index (κ3) is 0.971. The zero-order valence-electron chi connectivity index (χ0n) is 5.05. The summed E-state index contributed by atoms with van der Waals surface area (Å²) in [6, 6.07) is 0. The molecule has 0 amide bonds. The van der Waals surface area contributed by atoms with Crippen molar-refractivity contribution in [2.24, 2.45) is 5.92 Å². The Labute approximate surface area is 49.4 Å². The SMILES string of the molecule is CC1CC=C(C=O)C1. The van der Waals surface area contributed by atoms with Crippen LogP contribution in [-0.4, -0.2) is 6.29 Å². The third-order valence-corrected chi connectivity index (χ3v) is 1.52. The maximum Gasteiger partial charge on any atom is 0.145 e. The molecular formula is C7H10O. The molecule has 1 atom stereocenters. The van der Waals surface area contributed by atoms with Crippen molar-refractivity contribution in [3.8, 4) is 0 Å². The summed E-state index contributed by atoms with van der Waals surface area (Å²) in [6.07, 6.45) is 5.07. The molecule has 0 radical (unpaired) electrons. The fourth-order valence-corrected chi connectivity index (χ4v) is 1.02. The predicted octanol–water partition coefficient (Wildman–Crippen LogP) is 1.54. The van der Waals surface area contributed by atoms with Crippen LogP contribution in [-0.2, 0) is 4.79 Å². The maximum absolute atomic E-state index is 10.1. The number of hydrogen-bond acceptors (Lipinski definition) is 1. The van der Waals surface area contributed by atoms with Gasteiger partial charge in [-0.25, -0.2) is 0 Å². The van der Waals surface area contributed by atoms with Crippen molar-refractivity contribution >= 4 is 6.29 Å². The van der Waals surface area contributed by atoms with E-state index in [2.05, 4.69) is 6.92 Å². The molecule has 1 aliphatic rings. The highest BCUT2D eigenvalue weighted by Gasteiger charge is 2.10.